The minimum absolute atomic E-state index is 0.0438. The number of hydrogen-bond donors (Lipinski definition) is 0. The van der Waals surface area contributed by atoms with Gasteiger partial charge in [-0.3, -0.25) is 9.69 Å². The van der Waals surface area contributed by atoms with Crippen LogP contribution in [-0.4, -0.2) is 63.8 Å². The number of carbonyl (C=O) groups is 1. The van der Waals surface area contributed by atoms with E-state index in [1.165, 1.54) is 36.8 Å². The van der Waals surface area contributed by atoms with Gasteiger partial charge in [0.15, 0.2) is 11.5 Å². The lowest BCUT2D eigenvalue weighted by Crippen LogP contribution is -2.49. The zero-order valence-electron chi connectivity index (χ0n) is 24.1. The van der Waals surface area contributed by atoms with Crippen molar-refractivity contribution >= 4 is 16.9 Å². The lowest BCUT2D eigenvalue weighted by atomic mass is 9.70. The van der Waals surface area contributed by atoms with Crippen LogP contribution < -0.4 is 9.47 Å². The summed E-state index contributed by atoms with van der Waals surface area (Å²) in [6, 6.07) is 16.9. The number of benzene rings is 2. The molecule has 0 radical (unpaired) electrons. The number of likely N-dealkylation sites (tertiary alicyclic amines) is 1. The Morgan fingerprint density at radius 2 is 1.73 bits per heavy atom. The van der Waals surface area contributed by atoms with Gasteiger partial charge in [0.1, 0.15) is 5.82 Å². The average molecular weight is 543 g/mol. The van der Waals surface area contributed by atoms with Gasteiger partial charge in [0.05, 0.1) is 11.0 Å². The van der Waals surface area contributed by atoms with E-state index in [4.69, 9.17) is 14.5 Å². The van der Waals surface area contributed by atoms with Gasteiger partial charge in [-0.25, -0.2) is 4.98 Å². The van der Waals surface area contributed by atoms with Gasteiger partial charge in [-0.05, 0) is 88.2 Å². The number of rotatable bonds is 6. The molecule has 0 N–H and O–H groups in total. The van der Waals surface area contributed by atoms with Gasteiger partial charge < -0.3 is 18.9 Å². The van der Waals surface area contributed by atoms with Gasteiger partial charge in [-0.2, -0.15) is 0 Å². The number of fused-ring (bicyclic) bond motifs is 4. The first kappa shape index (κ1) is 25.9. The molecule has 0 unspecified atom stereocenters. The van der Waals surface area contributed by atoms with Crippen LogP contribution in [0.15, 0.2) is 42.5 Å². The summed E-state index contributed by atoms with van der Waals surface area (Å²) in [5.74, 6) is 3.17. The Balaban J connectivity index is 1.10. The van der Waals surface area contributed by atoms with E-state index in [1.807, 2.05) is 13.8 Å². The third kappa shape index (κ3) is 4.37. The molecule has 3 saturated heterocycles. The molecule has 1 aromatic heterocycles. The number of imidazole rings is 1. The van der Waals surface area contributed by atoms with Gasteiger partial charge in [0, 0.05) is 42.5 Å². The molecular formula is C33H42N4O3. The van der Waals surface area contributed by atoms with Crippen molar-refractivity contribution in [3.8, 4) is 11.5 Å². The fourth-order valence-electron chi connectivity index (χ4n) is 8.22. The molecule has 0 spiro atoms. The van der Waals surface area contributed by atoms with E-state index in [2.05, 4.69) is 63.8 Å². The number of hydrogen-bond acceptors (Lipinski definition) is 5. The number of amides is 1. The summed E-state index contributed by atoms with van der Waals surface area (Å²) >= 11 is 0. The molecule has 40 heavy (non-hydrogen) atoms. The highest BCUT2D eigenvalue weighted by Gasteiger charge is 2.44. The molecule has 5 heterocycles. The lowest BCUT2D eigenvalue weighted by Gasteiger charge is -2.46. The molecule has 3 fully saturated rings. The third-order valence-electron chi connectivity index (χ3n) is 10.4. The molecule has 1 amide bonds. The quantitative estimate of drug-likeness (QED) is 0.391. The topological polar surface area (TPSA) is 59.8 Å². The molecule has 3 aromatic rings. The van der Waals surface area contributed by atoms with Crippen LogP contribution in [0.25, 0.3) is 11.0 Å². The standard InChI is InChI=1S/C33H42N4O3/c1-22(2)32(38)35-15-12-33(13-16-35,24-8-11-30-31(18-24)40-21-39-30)14-17-36-25-9-10-26(36)20-27(19-25)37-23(3)34-28-6-4-5-7-29(28)37/h4-8,11,18,22,25-27H,9-10,12-17,19-21H2,1-3H3/t25-,26+,27+. The van der Waals surface area contributed by atoms with Crippen LogP contribution in [0.5, 0.6) is 11.5 Å². The number of piperidine rings is 2. The van der Waals surface area contributed by atoms with Crippen LogP contribution in [0.1, 0.15) is 76.2 Å². The SMILES string of the molecule is Cc1nc2ccccc2n1[C@H]1C[C@H]2CC[C@@H](C1)N2CCC1(c2ccc3c(c2)OCO3)CCN(C(=O)C(C)C)CC1. The first-order valence-corrected chi connectivity index (χ1v) is 15.3. The molecule has 7 nitrogen and oxygen atoms in total. The molecule has 2 bridgehead atoms. The summed E-state index contributed by atoms with van der Waals surface area (Å²) < 4.78 is 13.9. The molecule has 2 aromatic carbocycles. The van der Waals surface area contributed by atoms with E-state index in [-0.39, 0.29) is 17.2 Å². The Kier molecular flexibility index (Phi) is 6.53. The van der Waals surface area contributed by atoms with E-state index in [1.54, 1.807) is 0 Å². The largest absolute Gasteiger partial charge is 0.454 e. The van der Waals surface area contributed by atoms with Crippen LogP contribution in [-0.2, 0) is 10.2 Å². The molecule has 7 heteroatoms. The van der Waals surface area contributed by atoms with Crippen LogP contribution in [0.4, 0.5) is 0 Å². The van der Waals surface area contributed by atoms with E-state index >= 15 is 0 Å². The molecule has 212 valence electrons. The number of aryl methyl sites for hydroxylation is 1. The normalized spacial score (nSPS) is 25.7. The van der Waals surface area contributed by atoms with Crippen LogP contribution in [0.2, 0.25) is 0 Å². The molecule has 0 aliphatic carbocycles. The summed E-state index contributed by atoms with van der Waals surface area (Å²) in [5, 5.41) is 0. The summed E-state index contributed by atoms with van der Waals surface area (Å²) in [6.07, 6.45) is 8.09. The average Bonchev–Trinajstić information content (AvgIpc) is 3.64. The fraction of sp³-hybridized carbons (Fsp3) is 0.576. The molecule has 4 aliphatic rings. The van der Waals surface area contributed by atoms with Gasteiger partial charge in [0.2, 0.25) is 12.7 Å². The lowest BCUT2D eigenvalue weighted by molar-refractivity contribution is -0.136. The maximum absolute atomic E-state index is 12.8. The first-order valence-electron chi connectivity index (χ1n) is 15.3. The molecule has 4 aliphatic heterocycles. The number of nitrogens with zero attached hydrogens (tertiary/aromatic N) is 4. The highest BCUT2D eigenvalue weighted by atomic mass is 16.7. The van der Waals surface area contributed by atoms with Gasteiger partial charge in [-0.15, -0.1) is 0 Å². The fourth-order valence-corrected chi connectivity index (χ4v) is 8.22. The summed E-state index contributed by atoms with van der Waals surface area (Å²) in [7, 11) is 0. The van der Waals surface area contributed by atoms with Crippen molar-refractivity contribution in [2.75, 3.05) is 26.4 Å². The maximum atomic E-state index is 12.8. The number of carbonyl (C=O) groups excluding carboxylic acids is 1. The maximum Gasteiger partial charge on any atom is 0.231 e. The van der Waals surface area contributed by atoms with Crippen molar-refractivity contribution in [2.45, 2.75) is 89.3 Å². The van der Waals surface area contributed by atoms with Crippen LogP contribution in [0, 0.1) is 12.8 Å². The second-order valence-electron chi connectivity index (χ2n) is 12.8. The highest BCUT2D eigenvalue weighted by molar-refractivity contribution is 5.78. The summed E-state index contributed by atoms with van der Waals surface area (Å²) in [4.78, 5) is 22.6. The summed E-state index contributed by atoms with van der Waals surface area (Å²) in [5.41, 5.74) is 3.78. The van der Waals surface area contributed by atoms with E-state index < -0.39 is 0 Å². The Morgan fingerprint density at radius 3 is 2.48 bits per heavy atom. The van der Waals surface area contributed by atoms with Gasteiger partial charge in [0.25, 0.3) is 0 Å². The van der Waals surface area contributed by atoms with Crippen molar-refractivity contribution in [1.29, 1.82) is 0 Å². The monoisotopic (exact) mass is 542 g/mol. The first-order chi connectivity index (χ1) is 19.4. The second kappa shape index (κ2) is 10.1. The van der Waals surface area contributed by atoms with Crippen molar-refractivity contribution in [3.63, 3.8) is 0 Å². The van der Waals surface area contributed by atoms with E-state index in [9.17, 15) is 4.79 Å². The Labute approximate surface area is 237 Å². The van der Waals surface area contributed by atoms with Crippen molar-refractivity contribution in [3.05, 3.63) is 53.9 Å². The zero-order chi connectivity index (χ0) is 27.4. The second-order valence-corrected chi connectivity index (χ2v) is 12.8. The Bertz CT molecular complexity index is 1390. The number of aromatic nitrogens is 2. The Hall–Kier alpha value is -3.06. The van der Waals surface area contributed by atoms with E-state index in [0.717, 1.165) is 61.7 Å². The number of ether oxygens (including phenoxy) is 2. The van der Waals surface area contributed by atoms with Gasteiger partial charge in [-0.1, -0.05) is 32.0 Å². The number of para-hydroxylation sites is 2. The van der Waals surface area contributed by atoms with Crippen LogP contribution in [0.3, 0.4) is 0 Å². The molecule has 0 saturated carbocycles. The van der Waals surface area contributed by atoms with Crippen molar-refractivity contribution in [2.24, 2.45) is 5.92 Å². The van der Waals surface area contributed by atoms with E-state index in [0.29, 0.717) is 24.9 Å². The smallest absolute Gasteiger partial charge is 0.231 e. The zero-order valence-corrected chi connectivity index (χ0v) is 24.1. The minimum Gasteiger partial charge on any atom is -0.454 e. The molecule has 7 rings (SSSR count). The Morgan fingerprint density at radius 1 is 1.00 bits per heavy atom. The highest BCUT2D eigenvalue weighted by Crippen LogP contribution is 2.46. The third-order valence-corrected chi connectivity index (χ3v) is 10.4. The van der Waals surface area contributed by atoms with Crippen molar-refractivity contribution < 1.29 is 14.3 Å². The minimum atomic E-state index is 0.0438. The predicted molar refractivity (Wildman–Crippen MR) is 156 cm³/mol. The molecule has 3 atom stereocenters. The van der Waals surface area contributed by atoms with Crippen molar-refractivity contribution in [1.82, 2.24) is 19.4 Å². The molecular weight excluding hydrogens is 500 g/mol. The van der Waals surface area contributed by atoms with Crippen LogP contribution >= 0.6 is 0 Å². The predicted octanol–water partition coefficient (Wildman–Crippen LogP) is 5.85. The van der Waals surface area contributed by atoms with Gasteiger partial charge >= 0.3 is 0 Å². The summed E-state index contributed by atoms with van der Waals surface area (Å²) in [6.45, 7) is 9.25.